The van der Waals surface area contributed by atoms with Gasteiger partial charge in [-0.25, -0.2) is 0 Å². The molecular formula is C39H49ClN6O8. The van der Waals surface area contributed by atoms with Crippen molar-refractivity contribution >= 4 is 58.0 Å². The molecule has 2 aliphatic heterocycles. The maximum atomic E-state index is 14.0. The van der Waals surface area contributed by atoms with Crippen LogP contribution in [-0.2, 0) is 41.6 Å². The summed E-state index contributed by atoms with van der Waals surface area (Å²) in [5, 5.41) is 25.5. The highest BCUT2D eigenvalue weighted by Gasteiger charge is 2.39. The molecule has 2 saturated heterocycles. The van der Waals surface area contributed by atoms with Crippen LogP contribution in [0, 0.1) is 6.92 Å². The molecule has 0 aliphatic carbocycles. The number of aryl methyl sites for hydroxylation is 1. The summed E-state index contributed by atoms with van der Waals surface area (Å²) in [7, 11) is 0. The van der Waals surface area contributed by atoms with Gasteiger partial charge < -0.3 is 41.0 Å². The van der Waals surface area contributed by atoms with Crippen LogP contribution in [0.3, 0.4) is 0 Å². The van der Waals surface area contributed by atoms with Gasteiger partial charge in [0.05, 0.1) is 18.8 Å². The Morgan fingerprint density at radius 2 is 1.70 bits per heavy atom. The molecular weight excluding hydrogens is 716 g/mol. The first-order valence-corrected chi connectivity index (χ1v) is 18.9. The van der Waals surface area contributed by atoms with Gasteiger partial charge in [-0.1, -0.05) is 48.9 Å². The van der Waals surface area contributed by atoms with E-state index >= 15 is 0 Å². The molecule has 0 bridgehead atoms. The lowest BCUT2D eigenvalue weighted by molar-refractivity contribution is -0.142. The number of aliphatic hydroxyl groups excluding tert-OH is 1. The first kappa shape index (κ1) is 40.2. The summed E-state index contributed by atoms with van der Waals surface area (Å²) in [5.41, 5.74) is 2.75. The van der Waals surface area contributed by atoms with E-state index in [1.807, 2.05) is 37.3 Å². The molecule has 0 radical (unpaired) electrons. The van der Waals surface area contributed by atoms with E-state index in [1.54, 1.807) is 19.1 Å². The zero-order valence-corrected chi connectivity index (χ0v) is 31.5. The Morgan fingerprint density at radius 3 is 2.43 bits per heavy atom. The fourth-order valence-electron chi connectivity index (χ4n) is 6.93. The normalized spacial score (nSPS) is 24.3. The molecule has 0 unspecified atom stereocenters. The number of carbonyl (C=O) groups excluding carboxylic acids is 6. The third-order valence-electron chi connectivity index (χ3n) is 10.00. The number of aliphatic hydroxyl groups is 1. The molecule has 2 aliphatic rings. The monoisotopic (exact) mass is 764 g/mol. The summed E-state index contributed by atoms with van der Waals surface area (Å²) >= 11 is 6.33. The van der Waals surface area contributed by atoms with Crippen molar-refractivity contribution in [2.75, 3.05) is 13.1 Å². The minimum absolute atomic E-state index is 0.100. The number of benzene rings is 2. The van der Waals surface area contributed by atoms with Crippen molar-refractivity contribution in [2.24, 2.45) is 0 Å². The zero-order chi connectivity index (χ0) is 38.9. The summed E-state index contributed by atoms with van der Waals surface area (Å²) in [6.45, 7) is 5.44. The highest BCUT2D eigenvalue weighted by atomic mass is 35.5. The van der Waals surface area contributed by atoms with Gasteiger partial charge in [0.25, 0.3) is 0 Å². The van der Waals surface area contributed by atoms with Crippen molar-refractivity contribution in [3.63, 3.8) is 0 Å². The first-order valence-electron chi connectivity index (χ1n) is 18.5. The second kappa shape index (κ2) is 18.4. The molecule has 6 N–H and O–H groups in total. The van der Waals surface area contributed by atoms with Crippen LogP contribution in [0.4, 0.5) is 0 Å². The van der Waals surface area contributed by atoms with Gasteiger partial charge in [0.15, 0.2) is 0 Å². The Hall–Kier alpha value is -4.95. The van der Waals surface area contributed by atoms with Crippen LogP contribution in [-0.4, -0.2) is 94.9 Å². The fourth-order valence-corrected chi connectivity index (χ4v) is 7.09. The molecule has 15 heteroatoms. The predicted molar refractivity (Wildman–Crippen MR) is 201 cm³/mol. The van der Waals surface area contributed by atoms with Gasteiger partial charge in [-0.2, -0.15) is 0 Å². The van der Waals surface area contributed by atoms with Gasteiger partial charge >= 0.3 is 0 Å². The second-order valence-corrected chi connectivity index (χ2v) is 14.5. The molecule has 3 heterocycles. The van der Waals surface area contributed by atoms with Crippen molar-refractivity contribution in [2.45, 2.75) is 108 Å². The number of nitrogens with one attached hydrogen (secondary N) is 5. The molecule has 1 aromatic heterocycles. The molecule has 2 fully saturated rings. The van der Waals surface area contributed by atoms with Crippen LogP contribution in [0.15, 0.2) is 53.1 Å². The summed E-state index contributed by atoms with van der Waals surface area (Å²) in [6.07, 6.45) is 2.37. The van der Waals surface area contributed by atoms with Crippen molar-refractivity contribution in [3.05, 3.63) is 70.4 Å². The maximum absolute atomic E-state index is 14.0. The third kappa shape index (κ3) is 9.97. The lowest BCUT2D eigenvalue weighted by Crippen LogP contribution is -2.61. The number of nitrogens with zero attached hydrogens (tertiary/aromatic N) is 1. The SMILES string of the molecule is CC[C@@H]1NC(=O)[C@@H](NC(=O)Cc2coc3cc(C)c(Cl)cc23)CCCCNC(=O)[C@@H]2CCCN2C(=O)[C@@H](Cc2ccccc2)NC(=O)[C@H]([C@@H](C)O)NC1=O. The minimum Gasteiger partial charge on any atom is -0.464 e. The largest absolute Gasteiger partial charge is 0.464 e. The molecule has 14 nitrogen and oxygen atoms in total. The minimum atomic E-state index is -1.48. The number of hydrogen-bond donors (Lipinski definition) is 6. The van der Waals surface area contributed by atoms with Gasteiger partial charge in [0.2, 0.25) is 35.4 Å². The van der Waals surface area contributed by atoms with Gasteiger partial charge in [-0.15, -0.1) is 0 Å². The number of fused-ring (bicyclic) bond motifs is 2. The van der Waals surface area contributed by atoms with E-state index in [9.17, 15) is 33.9 Å². The van der Waals surface area contributed by atoms with Crippen LogP contribution < -0.4 is 26.6 Å². The van der Waals surface area contributed by atoms with Crippen molar-refractivity contribution in [1.29, 1.82) is 0 Å². The van der Waals surface area contributed by atoms with E-state index in [2.05, 4.69) is 26.6 Å². The molecule has 2 aromatic carbocycles. The number of halogens is 1. The van der Waals surface area contributed by atoms with Crippen LogP contribution in [0.25, 0.3) is 11.0 Å². The Kier molecular flexibility index (Phi) is 13.7. The summed E-state index contributed by atoms with van der Waals surface area (Å²) < 4.78 is 5.64. The lowest BCUT2D eigenvalue weighted by atomic mass is 10.0. The van der Waals surface area contributed by atoms with Gasteiger partial charge in [0.1, 0.15) is 35.8 Å². The van der Waals surface area contributed by atoms with Gasteiger partial charge in [-0.05, 0) is 75.6 Å². The highest BCUT2D eigenvalue weighted by Crippen LogP contribution is 2.28. The Balaban J connectivity index is 1.37. The van der Waals surface area contributed by atoms with E-state index in [1.165, 1.54) is 18.1 Å². The molecule has 6 amide bonds. The van der Waals surface area contributed by atoms with Crippen LogP contribution in [0.2, 0.25) is 5.02 Å². The van der Waals surface area contributed by atoms with Crippen LogP contribution in [0.5, 0.6) is 0 Å². The average molecular weight is 765 g/mol. The first-order chi connectivity index (χ1) is 25.9. The molecule has 3 aromatic rings. The average Bonchev–Trinajstić information content (AvgIpc) is 3.79. The standard InChI is InChI=1S/C39H49ClN6O8/c1-4-28-35(49)45-34(23(3)47)38(52)44-30(18-24-11-6-5-7-12-24)39(53)46-16-10-14-31(46)37(51)41-15-9-8-13-29(36(50)43-28)42-33(48)19-25-21-54-32-17-22(2)27(40)20-26(25)32/h5-7,11-12,17,20-21,23,28-31,34,47H,4,8-10,13-16,18-19H2,1-3H3,(H,41,51)(H,42,48)(H,43,50)(H,44,52)(H,45,49)/t23-,28+,29+,30-,31+,34+/m1/s1. The molecule has 0 saturated carbocycles. The zero-order valence-electron chi connectivity index (χ0n) is 30.8. The fraction of sp³-hybridized carbons (Fsp3) is 0.487. The van der Waals surface area contributed by atoms with Crippen molar-refractivity contribution in [1.82, 2.24) is 31.5 Å². The molecule has 5 rings (SSSR count). The van der Waals surface area contributed by atoms with Gasteiger partial charge in [0, 0.05) is 35.5 Å². The molecule has 0 spiro atoms. The van der Waals surface area contributed by atoms with Crippen LogP contribution >= 0.6 is 11.6 Å². The second-order valence-electron chi connectivity index (χ2n) is 14.1. The van der Waals surface area contributed by atoms with E-state index in [0.29, 0.717) is 53.8 Å². The van der Waals surface area contributed by atoms with E-state index in [0.717, 1.165) is 11.1 Å². The number of furan rings is 1. The summed E-state index contributed by atoms with van der Waals surface area (Å²) in [4.78, 5) is 83.3. The number of hydrogen-bond acceptors (Lipinski definition) is 8. The molecule has 290 valence electrons. The van der Waals surface area contributed by atoms with Crippen molar-refractivity contribution in [3.8, 4) is 0 Å². The molecule has 6 atom stereocenters. The predicted octanol–water partition coefficient (Wildman–Crippen LogP) is 2.20. The van der Waals surface area contributed by atoms with Crippen molar-refractivity contribution < 1.29 is 38.3 Å². The van der Waals surface area contributed by atoms with E-state index in [-0.39, 0.29) is 38.1 Å². The number of carbonyl (C=O) groups is 6. The van der Waals surface area contributed by atoms with E-state index < -0.39 is 65.8 Å². The number of amides is 6. The quantitative estimate of drug-likeness (QED) is 0.210. The Bertz CT molecular complexity index is 1850. The van der Waals surface area contributed by atoms with Gasteiger partial charge in [-0.3, -0.25) is 28.8 Å². The maximum Gasteiger partial charge on any atom is 0.246 e. The lowest BCUT2D eigenvalue weighted by Gasteiger charge is -2.30. The number of rotatable bonds is 7. The molecule has 54 heavy (non-hydrogen) atoms. The summed E-state index contributed by atoms with van der Waals surface area (Å²) in [5.74, 6) is -3.38. The highest BCUT2D eigenvalue weighted by molar-refractivity contribution is 6.32. The summed E-state index contributed by atoms with van der Waals surface area (Å²) in [6, 6.07) is 7.10. The Labute approximate surface area is 319 Å². The van der Waals surface area contributed by atoms with Crippen LogP contribution in [0.1, 0.15) is 69.1 Å². The Morgan fingerprint density at radius 1 is 0.963 bits per heavy atom. The topological polar surface area (TPSA) is 199 Å². The van der Waals surface area contributed by atoms with E-state index in [4.69, 9.17) is 16.0 Å². The smallest absolute Gasteiger partial charge is 0.246 e. The third-order valence-corrected chi connectivity index (χ3v) is 10.4.